The molecule has 42 heavy (non-hydrogen) atoms. The van der Waals surface area contributed by atoms with Crippen LogP contribution in [0.3, 0.4) is 0 Å². The first-order valence-electron chi connectivity index (χ1n) is 14.2. The molecule has 13 nitrogen and oxygen atoms in total. The molecule has 2 aliphatic rings. The molecule has 3 heterocycles. The number of nitrogens with two attached hydrogens (primary N) is 1. The monoisotopic (exact) mass is 603 g/mol. The number of nitrogens with zero attached hydrogens (tertiary/aromatic N) is 3. The molecule has 1 aliphatic carbocycles. The van der Waals surface area contributed by atoms with Gasteiger partial charge < -0.3 is 29.9 Å². The minimum Gasteiger partial charge on any atom is -0.461 e. The largest absolute Gasteiger partial charge is 0.461 e. The molecule has 0 amide bonds. The number of aliphatic hydroxyl groups is 2. The van der Waals surface area contributed by atoms with Crippen molar-refractivity contribution in [3.63, 3.8) is 0 Å². The molecule has 0 spiro atoms. The minimum atomic E-state index is -4.25. The van der Waals surface area contributed by atoms with Gasteiger partial charge in [-0.1, -0.05) is 31.5 Å². The summed E-state index contributed by atoms with van der Waals surface area (Å²) in [5, 5.41) is 29.0. The number of para-hydroxylation sites is 1. The molecule has 228 valence electrons. The summed E-state index contributed by atoms with van der Waals surface area (Å²) in [7, 11) is -4.25. The van der Waals surface area contributed by atoms with E-state index in [4.69, 9.17) is 24.3 Å². The number of hydrogen-bond donors (Lipinski definition) is 4. The van der Waals surface area contributed by atoms with Gasteiger partial charge in [-0.15, -0.1) is 0 Å². The van der Waals surface area contributed by atoms with Crippen LogP contribution in [-0.2, 0) is 23.4 Å². The fourth-order valence-electron chi connectivity index (χ4n) is 5.35. The van der Waals surface area contributed by atoms with E-state index >= 15 is 0 Å². The van der Waals surface area contributed by atoms with E-state index in [1.54, 1.807) is 49.4 Å². The first kappa shape index (κ1) is 30.4. The van der Waals surface area contributed by atoms with Crippen LogP contribution in [0.5, 0.6) is 5.75 Å². The lowest BCUT2D eigenvalue weighted by molar-refractivity contribution is -0.152. The molecule has 3 aromatic rings. The topological polar surface area (TPSA) is 180 Å². The maximum absolute atomic E-state index is 14.2. The predicted molar refractivity (Wildman–Crippen MR) is 152 cm³/mol. The fourth-order valence-corrected chi connectivity index (χ4v) is 7.03. The van der Waals surface area contributed by atoms with Crippen LogP contribution in [0.2, 0.25) is 0 Å². The molecule has 1 aliphatic heterocycles. The number of nitrogens with one attached hydrogen (secondary N) is 1. The van der Waals surface area contributed by atoms with Crippen molar-refractivity contribution in [3.8, 4) is 5.75 Å². The Morgan fingerprint density at radius 2 is 1.95 bits per heavy atom. The Morgan fingerprint density at radius 3 is 2.67 bits per heavy atom. The van der Waals surface area contributed by atoms with Gasteiger partial charge in [-0.25, -0.2) is 14.1 Å². The third kappa shape index (κ3) is 6.46. The van der Waals surface area contributed by atoms with Gasteiger partial charge in [0.25, 0.3) is 0 Å². The molecular formula is C28H38N5O8P. The third-order valence-electron chi connectivity index (χ3n) is 7.79. The number of hydrogen-bond acceptors (Lipinski definition) is 11. The number of carbonyl (C=O) groups excluding carboxylic acids is 1. The zero-order chi connectivity index (χ0) is 29.9. The Kier molecular flexibility index (Phi) is 9.17. The van der Waals surface area contributed by atoms with Crippen LogP contribution < -0.4 is 15.3 Å². The number of ether oxygens (including phenoxy) is 2. The highest BCUT2D eigenvalue weighted by Crippen LogP contribution is 2.48. The maximum Gasteiger partial charge on any atom is 0.459 e. The molecule has 2 aromatic heterocycles. The smallest absolute Gasteiger partial charge is 0.459 e. The SMILES string of the molecule is CC[C@H](NP(=O)(OC[C@@]1(C)O[C@@H](c2ccc3c(N)ncnn23)[C@H](O)[C@@H]1O)Oc1ccccc1)C(=O)OC1CCCCC1. The van der Waals surface area contributed by atoms with Crippen molar-refractivity contribution in [2.45, 2.75) is 88.4 Å². The molecule has 1 aromatic carbocycles. The van der Waals surface area contributed by atoms with Crippen LogP contribution in [0.1, 0.15) is 64.2 Å². The van der Waals surface area contributed by atoms with Gasteiger partial charge in [0, 0.05) is 0 Å². The fraction of sp³-hybridized carbons (Fsp3) is 0.536. The van der Waals surface area contributed by atoms with Crippen LogP contribution in [0.4, 0.5) is 5.82 Å². The van der Waals surface area contributed by atoms with Crippen molar-refractivity contribution in [2.24, 2.45) is 0 Å². The quantitative estimate of drug-likeness (QED) is 0.186. The Labute approximate surface area is 243 Å². The number of aromatic nitrogens is 3. The van der Waals surface area contributed by atoms with E-state index in [-0.39, 0.29) is 24.1 Å². The van der Waals surface area contributed by atoms with Gasteiger partial charge in [0.2, 0.25) is 0 Å². The van der Waals surface area contributed by atoms with Gasteiger partial charge in [0.15, 0.2) is 5.82 Å². The van der Waals surface area contributed by atoms with Crippen LogP contribution in [0.25, 0.3) is 5.52 Å². The number of esters is 1. The van der Waals surface area contributed by atoms with Crippen molar-refractivity contribution in [1.29, 1.82) is 0 Å². The van der Waals surface area contributed by atoms with E-state index < -0.39 is 50.3 Å². The van der Waals surface area contributed by atoms with Gasteiger partial charge in [-0.2, -0.15) is 10.2 Å². The minimum absolute atomic E-state index is 0.178. The second-order valence-electron chi connectivity index (χ2n) is 10.9. The van der Waals surface area contributed by atoms with E-state index in [0.29, 0.717) is 11.2 Å². The van der Waals surface area contributed by atoms with Crippen molar-refractivity contribution < 1.29 is 38.1 Å². The number of nitrogen functional groups attached to an aromatic ring is 1. The number of benzene rings is 1. The Hall–Kier alpha value is -3.06. The highest BCUT2D eigenvalue weighted by atomic mass is 31.2. The molecule has 0 radical (unpaired) electrons. The molecule has 1 saturated carbocycles. The van der Waals surface area contributed by atoms with Gasteiger partial charge in [0.05, 0.1) is 12.3 Å². The zero-order valence-corrected chi connectivity index (χ0v) is 24.6. The van der Waals surface area contributed by atoms with Crippen molar-refractivity contribution >= 4 is 25.1 Å². The van der Waals surface area contributed by atoms with Crippen molar-refractivity contribution in [1.82, 2.24) is 19.7 Å². The normalized spacial score (nSPS) is 27.0. The van der Waals surface area contributed by atoms with Crippen LogP contribution in [0, 0.1) is 0 Å². The molecule has 5 N–H and O–H groups in total. The van der Waals surface area contributed by atoms with Gasteiger partial charge >= 0.3 is 13.7 Å². The number of rotatable bonds is 11. The molecule has 14 heteroatoms. The summed E-state index contributed by atoms with van der Waals surface area (Å²) in [6.45, 7) is 2.84. The summed E-state index contributed by atoms with van der Waals surface area (Å²) in [4.78, 5) is 17.0. The number of carbonyl (C=O) groups is 1. The number of fused-ring (bicyclic) bond motifs is 1. The maximum atomic E-state index is 14.2. The second-order valence-corrected chi connectivity index (χ2v) is 12.6. The lowest BCUT2D eigenvalue weighted by Gasteiger charge is -2.31. The molecule has 1 saturated heterocycles. The average molecular weight is 604 g/mol. The average Bonchev–Trinajstić information content (AvgIpc) is 3.52. The van der Waals surface area contributed by atoms with Crippen molar-refractivity contribution in [3.05, 3.63) is 54.5 Å². The number of aliphatic hydroxyl groups excluding tert-OH is 2. The van der Waals surface area contributed by atoms with Gasteiger partial charge in [0.1, 0.15) is 53.7 Å². The van der Waals surface area contributed by atoms with Gasteiger partial charge in [-0.05, 0) is 63.3 Å². The second kappa shape index (κ2) is 12.7. The molecule has 1 unspecified atom stereocenters. The number of anilines is 1. The van der Waals surface area contributed by atoms with E-state index in [1.807, 2.05) is 0 Å². The summed E-state index contributed by atoms with van der Waals surface area (Å²) >= 11 is 0. The highest BCUT2D eigenvalue weighted by Gasteiger charge is 2.54. The Morgan fingerprint density at radius 1 is 1.21 bits per heavy atom. The summed E-state index contributed by atoms with van der Waals surface area (Å²) in [5.74, 6) is -0.0465. The highest BCUT2D eigenvalue weighted by molar-refractivity contribution is 7.52. The van der Waals surface area contributed by atoms with E-state index in [0.717, 1.165) is 32.1 Å². The summed E-state index contributed by atoms with van der Waals surface area (Å²) in [6, 6.07) is 10.8. The first-order valence-corrected chi connectivity index (χ1v) is 15.8. The van der Waals surface area contributed by atoms with Crippen LogP contribution in [-0.4, -0.2) is 67.3 Å². The molecular weight excluding hydrogens is 565 g/mol. The van der Waals surface area contributed by atoms with Crippen molar-refractivity contribution in [2.75, 3.05) is 12.3 Å². The van der Waals surface area contributed by atoms with Crippen LogP contribution in [0.15, 0.2) is 48.8 Å². The van der Waals surface area contributed by atoms with Crippen LogP contribution >= 0.6 is 7.75 Å². The van der Waals surface area contributed by atoms with E-state index in [9.17, 15) is 19.6 Å². The summed E-state index contributed by atoms with van der Waals surface area (Å²) in [6.07, 6.45) is 2.24. The lowest BCUT2D eigenvalue weighted by atomic mass is 9.97. The summed E-state index contributed by atoms with van der Waals surface area (Å²) < 4.78 is 39.1. The predicted octanol–water partition coefficient (Wildman–Crippen LogP) is 3.31. The summed E-state index contributed by atoms with van der Waals surface area (Å²) in [5.41, 5.74) is 5.37. The van der Waals surface area contributed by atoms with E-state index in [2.05, 4.69) is 15.2 Å². The molecule has 5 rings (SSSR count). The zero-order valence-electron chi connectivity index (χ0n) is 23.7. The molecule has 0 bridgehead atoms. The Balaban J connectivity index is 1.34. The van der Waals surface area contributed by atoms with E-state index in [1.165, 1.54) is 17.8 Å². The molecule has 2 fully saturated rings. The standard InChI is InChI=1S/C28H38N5O8P/c1-3-20(27(36)39-18-10-6-4-7-11-18)32-42(37,41-19-12-8-5-9-13-19)38-16-28(2)25(35)23(34)24(40-28)21-14-15-22-26(29)30-17-31-33(21)22/h5,8-9,12-15,17-18,20,23-25,34-35H,3-4,6-7,10-11,16H2,1-2H3,(H,32,37)(H2,29,30,31)/t20-,23-,24-,25-,28+,42?/m0/s1. The first-order chi connectivity index (χ1) is 20.1. The molecule has 6 atom stereocenters. The Bertz CT molecular complexity index is 1420. The van der Waals surface area contributed by atoms with Gasteiger partial charge in [-0.3, -0.25) is 9.32 Å². The third-order valence-corrected chi connectivity index (χ3v) is 9.34. The lowest BCUT2D eigenvalue weighted by Crippen LogP contribution is -2.45.